The van der Waals surface area contributed by atoms with E-state index in [0.29, 0.717) is 0 Å². The Bertz CT molecular complexity index is 228. The van der Waals surface area contributed by atoms with Crippen LogP contribution in [0.1, 0.15) is 25.7 Å². The summed E-state index contributed by atoms with van der Waals surface area (Å²) >= 11 is 0. The molecule has 64 valence electrons. The maximum absolute atomic E-state index is 3.83. The summed E-state index contributed by atoms with van der Waals surface area (Å²) in [5.74, 6) is 0. The molecule has 0 heteroatoms. The summed E-state index contributed by atoms with van der Waals surface area (Å²) < 4.78 is 0. The zero-order valence-electron chi connectivity index (χ0n) is 7.55. The van der Waals surface area contributed by atoms with Gasteiger partial charge >= 0.3 is 0 Å². The van der Waals surface area contributed by atoms with Crippen LogP contribution in [0.25, 0.3) is 0 Å². The average molecular weight is 160 g/mol. The second kappa shape index (κ2) is 4.76. The molecule has 0 nitrogen and oxygen atoms in total. The van der Waals surface area contributed by atoms with Gasteiger partial charge in [0.05, 0.1) is 0 Å². The molecule has 0 aromatic heterocycles. The summed E-state index contributed by atoms with van der Waals surface area (Å²) in [7, 11) is 0. The third kappa shape index (κ3) is 2.23. The maximum Gasteiger partial charge on any atom is -0.0276 e. The quantitative estimate of drug-likeness (QED) is 0.551. The number of hydrogen-bond acceptors (Lipinski definition) is 0. The van der Waals surface area contributed by atoms with Crippen LogP contribution in [0.4, 0.5) is 0 Å². The second-order valence-corrected chi connectivity index (χ2v) is 3.06. The van der Waals surface area contributed by atoms with Gasteiger partial charge < -0.3 is 0 Å². The van der Waals surface area contributed by atoms with Crippen molar-refractivity contribution in [1.29, 1.82) is 0 Å². The van der Waals surface area contributed by atoms with Crippen LogP contribution in [0.3, 0.4) is 0 Å². The Hall–Kier alpha value is -1.04. The Morgan fingerprint density at radius 3 is 2.25 bits per heavy atom. The molecule has 12 heavy (non-hydrogen) atoms. The van der Waals surface area contributed by atoms with E-state index in [1.807, 2.05) is 18.2 Å². The molecule has 0 radical (unpaired) electrons. The first-order valence-corrected chi connectivity index (χ1v) is 4.52. The van der Waals surface area contributed by atoms with Gasteiger partial charge in [-0.3, -0.25) is 0 Å². The first-order chi connectivity index (χ1) is 5.88. The summed E-state index contributed by atoms with van der Waals surface area (Å²) in [6, 6.07) is 0. The molecule has 0 bridgehead atoms. The van der Waals surface area contributed by atoms with Gasteiger partial charge in [-0.2, -0.15) is 0 Å². The summed E-state index contributed by atoms with van der Waals surface area (Å²) in [4.78, 5) is 0. The molecule has 0 aromatic rings. The molecule has 1 aliphatic rings. The molecule has 0 N–H and O–H groups in total. The largest absolute Gasteiger partial charge is 0.0991 e. The van der Waals surface area contributed by atoms with E-state index in [4.69, 9.17) is 0 Å². The lowest BCUT2D eigenvalue weighted by Gasteiger charge is -2.14. The summed E-state index contributed by atoms with van der Waals surface area (Å²) in [6.07, 6.45) is 13.0. The van der Waals surface area contributed by atoms with E-state index < -0.39 is 0 Å². The van der Waals surface area contributed by atoms with Gasteiger partial charge in [-0.25, -0.2) is 0 Å². The first-order valence-electron chi connectivity index (χ1n) is 4.52. The Kier molecular flexibility index (Phi) is 3.59. The van der Waals surface area contributed by atoms with E-state index in [2.05, 4.69) is 19.2 Å². The molecule has 0 spiro atoms. The highest BCUT2D eigenvalue weighted by Crippen LogP contribution is 2.25. The van der Waals surface area contributed by atoms with Crippen molar-refractivity contribution in [1.82, 2.24) is 0 Å². The zero-order chi connectivity index (χ0) is 8.81. The van der Waals surface area contributed by atoms with E-state index in [0.717, 1.165) is 0 Å². The minimum Gasteiger partial charge on any atom is -0.0991 e. The van der Waals surface area contributed by atoms with Crippen molar-refractivity contribution < 1.29 is 0 Å². The van der Waals surface area contributed by atoms with E-state index >= 15 is 0 Å². The van der Waals surface area contributed by atoms with Crippen LogP contribution in [-0.4, -0.2) is 0 Å². The van der Waals surface area contributed by atoms with Crippen molar-refractivity contribution in [2.75, 3.05) is 0 Å². The van der Waals surface area contributed by atoms with Crippen LogP contribution >= 0.6 is 0 Å². The normalized spacial score (nSPS) is 18.3. The maximum atomic E-state index is 3.83. The molecule has 0 unspecified atom stereocenters. The van der Waals surface area contributed by atoms with Gasteiger partial charge in [0.2, 0.25) is 0 Å². The lowest BCUT2D eigenvalue weighted by molar-refractivity contribution is 0.693. The zero-order valence-corrected chi connectivity index (χ0v) is 7.55. The fraction of sp³-hybridized carbons (Fsp3) is 0.333. The minimum absolute atomic E-state index is 1.19. The van der Waals surface area contributed by atoms with Gasteiger partial charge in [-0.05, 0) is 36.8 Å². The van der Waals surface area contributed by atoms with Crippen molar-refractivity contribution in [2.24, 2.45) is 0 Å². The first kappa shape index (κ1) is 9.05. The van der Waals surface area contributed by atoms with Crippen LogP contribution in [-0.2, 0) is 0 Å². The number of hydrogen-bond donors (Lipinski definition) is 0. The third-order valence-corrected chi connectivity index (χ3v) is 2.23. The van der Waals surface area contributed by atoms with Gasteiger partial charge in [0.25, 0.3) is 0 Å². The predicted octanol–water partition coefficient (Wildman–Crippen LogP) is 3.79. The lowest BCUT2D eigenvalue weighted by atomic mass is 9.91. The van der Waals surface area contributed by atoms with Crippen LogP contribution in [0.2, 0.25) is 0 Å². The van der Waals surface area contributed by atoms with Gasteiger partial charge in [-0.1, -0.05) is 37.5 Å². The number of allylic oxidation sites excluding steroid dienone is 6. The molecular weight excluding hydrogens is 144 g/mol. The van der Waals surface area contributed by atoms with Crippen LogP contribution < -0.4 is 0 Å². The highest BCUT2D eigenvalue weighted by atomic mass is 14.1. The molecule has 0 aromatic carbocycles. The van der Waals surface area contributed by atoms with E-state index in [1.165, 1.54) is 36.8 Å². The molecule has 0 saturated carbocycles. The average Bonchev–Trinajstić information content (AvgIpc) is 2.15. The van der Waals surface area contributed by atoms with E-state index in [-0.39, 0.29) is 0 Å². The van der Waals surface area contributed by atoms with Gasteiger partial charge in [-0.15, -0.1) is 0 Å². The standard InChI is InChI=1S/C12H16/c1-3-5-8-12-10-7-6-9-11(12)4-2/h3-5,8H,1-2,6-7,9-10H2/b8-5-. The Morgan fingerprint density at radius 1 is 1.00 bits per heavy atom. The number of rotatable bonds is 3. The summed E-state index contributed by atoms with van der Waals surface area (Å²) in [5.41, 5.74) is 2.86. The monoisotopic (exact) mass is 160 g/mol. The third-order valence-electron chi connectivity index (χ3n) is 2.23. The fourth-order valence-electron chi connectivity index (χ4n) is 1.56. The predicted molar refractivity (Wildman–Crippen MR) is 55.0 cm³/mol. The molecule has 0 saturated heterocycles. The SMILES string of the molecule is C=C/C=C\C1=C(C=C)CCCC1. The van der Waals surface area contributed by atoms with Crippen molar-refractivity contribution in [3.63, 3.8) is 0 Å². The molecular formula is C12H16. The highest BCUT2D eigenvalue weighted by Gasteiger charge is 2.06. The molecule has 0 aliphatic heterocycles. The molecule has 1 rings (SSSR count). The van der Waals surface area contributed by atoms with Crippen molar-refractivity contribution >= 4 is 0 Å². The Morgan fingerprint density at radius 2 is 1.67 bits per heavy atom. The van der Waals surface area contributed by atoms with E-state index in [9.17, 15) is 0 Å². The smallest absolute Gasteiger partial charge is 0.0276 e. The van der Waals surface area contributed by atoms with Gasteiger partial charge in [0, 0.05) is 0 Å². The fourth-order valence-corrected chi connectivity index (χ4v) is 1.56. The van der Waals surface area contributed by atoms with Crippen LogP contribution in [0.15, 0.2) is 48.6 Å². The lowest BCUT2D eigenvalue weighted by Crippen LogP contribution is -1.95. The molecule has 0 atom stereocenters. The van der Waals surface area contributed by atoms with Crippen molar-refractivity contribution in [3.8, 4) is 0 Å². The van der Waals surface area contributed by atoms with Crippen molar-refractivity contribution in [3.05, 3.63) is 48.6 Å². The minimum atomic E-state index is 1.19. The summed E-state index contributed by atoms with van der Waals surface area (Å²) in [6.45, 7) is 7.49. The molecule has 0 fully saturated rings. The van der Waals surface area contributed by atoms with Crippen LogP contribution in [0, 0.1) is 0 Å². The van der Waals surface area contributed by atoms with Crippen LogP contribution in [0.5, 0.6) is 0 Å². The van der Waals surface area contributed by atoms with E-state index in [1.54, 1.807) is 0 Å². The van der Waals surface area contributed by atoms with Gasteiger partial charge in [0.1, 0.15) is 0 Å². The van der Waals surface area contributed by atoms with Crippen molar-refractivity contribution in [2.45, 2.75) is 25.7 Å². The molecule has 1 aliphatic carbocycles. The molecule has 0 amide bonds. The summed E-state index contributed by atoms with van der Waals surface area (Å²) in [5, 5.41) is 0. The Balaban J connectivity index is 2.79. The molecule has 0 heterocycles. The topological polar surface area (TPSA) is 0 Å². The highest BCUT2D eigenvalue weighted by molar-refractivity contribution is 5.34. The Labute approximate surface area is 75.0 Å². The van der Waals surface area contributed by atoms with Gasteiger partial charge in [0.15, 0.2) is 0 Å². The second-order valence-electron chi connectivity index (χ2n) is 3.06.